The van der Waals surface area contributed by atoms with Crippen molar-refractivity contribution in [3.8, 4) is 5.75 Å². The van der Waals surface area contributed by atoms with Crippen molar-refractivity contribution in [1.29, 1.82) is 0 Å². The van der Waals surface area contributed by atoms with Crippen LogP contribution >= 0.6 is 0 Å². The van der Waals surface area contributed by atoms with Crippen molar-refractivity contribution < 1.29 is 29.6 Å². The zero-order valence-corrected chi connectivity index (χ0v) is 28.4. The van der Waals surface area contributed by atoms with Crippen molar-refractivity contribution in [2.45, 2.75) is 118 Å². The number of hydrogen-bond donors (Lipinski definition) is 3. The number of ether oxygens (including phenoxy) is 1. The lowest BCUT2D eigenvalue weighted by Gasteiger charge is -2.71. The number of benzene rings is 1. The Hall–Kier alpha value is -2.60. The first-order chi connectivity index (χ1) is 20.9. The summed E-state index contributed by atoms with van der Waals surface area (Å²) < 4.78 is 6.17. The molecule has 4 fully saturated rings. The Morgan fingerprint density at radius 1 is 0.889 bits per heavy atom. The van der Waals surface area contributed by atoms with Gasteiger partial charge in [-0.2, -0.15) is 0 Å². The van der Waals surface area contributed by atoms with E-state index in [1.165, 1.54) is 11.6 Å². The van der Waals surface area contributed by atoms with Gasteiger partial charge in [0.05, 0.1) is 11.0 Å². The summed E-state index contributed by atoms with van der Waals surface area (Å²) in [6, 6.07) is 6.74. The van der Waals surface area contributed by atoms with E-state index in [2.05, 4.69) is 47.6 Å². The first-order valence-corrected chi connectivity index (χ1v) is 17.3. The van der Waals surface area contributed by atoms with Crippen LogP contribution in [0.15, 0.2) is 42.0 Å². The second-order valence-corrected chi connectivity index (χ2v) is 17.1. The summed E-state index contributed by atoms with van der Waals surface area (Å²) in [4.78, 5) is 26.0. The predicted molar refractivity (Wildman–Crippen MR) is 175 cm³/mol. The Kier molecular flexibility index (Phi) is 7.51. The topological polar surface area (TPSA) is 104 Å². The second kappa shape index (κ2) is 10.5. The van der Waals surface area contributed by atoms with Crippen LogP contribution in [0.1, 0.15) is 112 Å². The molecule has 6 nitrogen and oxygen atoms in total. The lowest BCUT2D eigenvalue weighted by atomic mass is 9.33. The van der Waals surface area contributed by atoms with Gasteiger partial charge >= 0.3 is 11.9 Å². The van der Waals surface area contributed by atoms with Crippen molar-refractivity contribution in [3.05, 3.63) is 47.6 Å². The van der Waals surface area contributed by atoms with Gasteiger partial charge in [0.25, 0.3) is 0 Å². The van der Waals surface area contributed by atoms with E-state index in [1.54, 1.807) is 30.3 Å². The molecule has 4 saturated carbocycles. The van der Waals surface area contributed by atoms with Crippen LogP contribution < -0.4 is 0 Å². The predicted octanol–water partition coefficient (Wildman–Crippen LogP) is 8.17. The third-order valence-corrected chi connectivity index (χ3v) is 15.0. The highest BCUT2D eigenvalue weighted by Crippen LogP contribution is 2.76. The summed E-state index contributed by atoms with van der Waals surface area (Å²) in [6.07, 6.45) is 13.0. The zero-order valence-electron chi connectivity index (χ0n) is 28.4. The number of aliphatic carboxylic acids is 1. The molecule has 5 aliphatic rings. The number of phenolic OH excluding ortho intramolecular Hbond substituents is 1. The van der Waals surface area contributed by atoms with E-state index in [0.717, 1.165) is 44.1 Å². The number of aromatic hydroxyl groups is 1. The van der Waals surface area contributed by atoms with Gasteiger partial charge in [-0.05, 0) is 122 Å². The molecule has 10 unspecified atom stereocenters. The molecule has 5 aliphatic carbocycles. The van der Waals surface area contributed by atoms with Crippen LogP contribution in [0.3, 0.4) is 0 Å². The third-order valence-electron chi connectivity index (χ3n) is 15.0. The standard InChI is InChI=1S/C39H54O6/c1-24-32-27-13-14-29-35(4)18-17-30(45-31(41)15-10-25-8-11-26(40)12-9-25)34(2,3)28(35)16-19-37(29,6)36(27,5)20-22-39(32,33(42)43)23-21-38(24,7)44/h8-13,15,24,28-30,32,40,44H,14,16-23H2,1-7H3,(H,42,43). The van der Waals surface area contributed by atoms with Crippen LogP contribution in [0, 0.1) is 50.7 Å². The molecule has 0 saturated heterocycles. The van der Waals surface area contributed by atoms with Crippen molar-refractivity contribution in [2.75, 3.05) is 0 Å². The minimum atomic E-state index is -0.872. The van der Waals surface area contributed by atoms with Gasteiger partial charge in [-0.1, -0.05) is 65.3 Å². The van der Waals surface area contributed by atoms with Crippen molar-refractivity contribution in [1.82, 2.24) is 0 Å². The van der Waals surface area contributed by atoms with E-state index in [4.69, 9.17) is 4.74 Å². The highest BCUT2D eigenvalue weighted by Gasteiger charge is 2.70. The normalized spacial score (nSPS) is 45.3. The Balaban J connectivity index is 1.28. The lowest BCUT2D eigenvalue weighted by molar-refractivity contribution is -0.216. The minimum Gasteiger partial charge on any atom is -0.508 e. The van der Waals surface area contributed by atoms with Crippen LogP contribution in [0.5, 0.6) is 5.75 Å². The third kappa shape index (κ3) is 4.58. The van der Waals surface area contributed by atoms with Crippen molar-refractivity contribution in [2.24, 2.45) is 50.7 Å². The first kappa shape index (κ1) is 32.3. The number of carboxylic acids is 1. The number of aliphatic hydroxyl groups is 1. The number of allylic oxidation sites excluding steroid dienone is 2. The van der Waals surface area contributed by atoms with Gasteiger partial charge in [0.15, 0.2) is 0 Å². The van der Waals surface area contributed by atoms with Gasteiger partial charge < -0.3 is 20.1 Å². The number of carbonyl (C=O) groups is 2. The van der Waals surface area contributed by atoms with Crippen LogP contribution in [-0.2, 0) is 14.3 Å². The molecule has 0 heterocycles. The molecule has 1 aromatic carbocycles. The van der Waals surface area contributed by atoms with Gasteiger partial charge in [-0.3, -0.25) is 4.79 Å². The zero-order chi connectivity index (χ0) is 32.8. The summed E-state index contributed by atoms with van der Waals surface area (Å²) >= 11 is 0. The smallest absolute Gasteiger partial charge is 0.331 e. The fraction of sp³-hybridized carbons (Fsp3) is 0.692. The van der Waals surface area contributed by atoms with Gasteiger partial charge in [-0.15, -0.1) is 0 Å². The molecule has 45 heavy (non-hydrogen) atoms. The monoisotopic (exact) mass is 618 g/mol. The van der Waals surface area contributed by atoms with Crippen molar-refractivity contribution in [3.63, 3.8) is 0 Å². The molecule has 10 atom stereocenters. The molecule has 0 spiro atoms. The molecule has 3 N–H and O–H groups in total. The summed E-state index contributed by atoms with van der Waals surface area (Å²) in [5, 5.41) is 31.6. The molecular formula is C39H54O6. The number of hydrogen-bond acceptors (Lipinski definition) is 5. The SMILES string of the molecule is CC1C2C3=CCC4C5(C)CCC(OC(=O)C=Cc6ccc(O)cc6)C(C)(C)C5CCC4(C)C3(C)CCC2(C(=O)O)CCC1(C)O. The number of carbonyl (C=O) groups excluding carboxylic acids is 1. The number of phenols is 1. The maximum absolute atomic E-state index is 13.0. The number of esters is 1. The van der Waals surface area contributed by atoms with E-state index >= 15 is 0 Å². The molecule has 6 heteroatoms. The largest absolute Gasteiger partial charge is 0.508 e. The Labute approximate surface area is 269 Å². The number of carboxylic acid groups (broad SMARTS) is 1. The molecule has 0 amide bonds. The Morgan fingerprint density at radius 3 is 2.22 bits per heavy atom. The fourth-order valence-corrected chi connectivity index (χ4v) is 11.9. The van der Waals surface area contributed by atoms with Gasteiger partial charge in [0, 0.05) is 17.4 Å². The molecule has 0 radical (unpaired) electrons. The molecule has 246 valence electrons. The maximum Gasteiger partial charge on any atom is 0.331 e. The highest BCUT2D eigenvalue weighted by atomic mass is 16.5. The minimum absolute atomic E-state index is 0.0163. The Morgan fingerprint density at radius 2 is 1.56 bits per heavy atom. The lowest BCUT2D eigenvalue weighted by Crippen LogP contribution is -2.66. The molecule has 0 aromatic heterocycles. The van der Waals surface area contributed by atoms with E-state index in [0.29, 0.717) is 31.1 Å². The van der Waals surface area contributed by atoms with Gasteiger partial charge in [-0.25, -0.2) is 4.79 Å². The summed E-state index contributed by atoms with van der Waals surface area (Å²) in [5.41, 5.74) is 0.247. The summed E-state index contributed by atoms with van der Waals surface area (Å²) in [5.74, 6) is -0.255. The van der Waals surface area contributed by atoms with E-state index in [9.17, 15) is 24.9 Å². The summed E-state index contributed by atoms with van der Waals surface area (Å²) in [6.45, 7) is 16.0. The molecule has 1 aromatic rings. The number of rotatable bonds is 4. The van der Waals surface area contributed by atoms with Crippen LogP contribution in [0.2, 0.25) is 0 Å². The quantitative estimate of drug-likeness (QED) is 0.179. The molecular weight excluding hydrogens is 564 g/mol. The summed E-state index contributed by atoms with van der Waals surface area (Å²) in [7, 11) is 0. The van der Waals surface area contributed by atoms with Crippen molar-refractivity contribution >= 4 is 18.0 Å². The van der Waals surface area contributed by atoms with Crippen LogP contribution in [-0.4, -0.2) is 39.0 Å². The number of fused-ring (bicyclic) bond motifs is 7. The average Bonchev–Trinajstić information content (AvgIpc) is 2.96. The molecule has 6 rings (SSSR count). The highest BCUT2D eigenvalue weighted by molar-refractivity contribution is 5.87. The average molecular weight is 619 g/mol. The van der Waals surface area contributed by atoms with Gasteiger partial charge in [0.1, 0.15) is 11.9 Å². The van der Waals surface area contributed by atoms with Crippen LogP contribution in [0.25, 0.3) is 6.08 Å². The maximum atomic E-state index is 13.0. The first-order valence-electron chi connectivity index (χ1n) is 17.3. The molecule has 0 bridgehead atoms. The molecule has 0 aliphatic heterocycles. The van der Waals surface area contributed by atoms with Gasteiger partial charge in [0.2, 0.25) is 0 Å². The Bertz CT molecular complexity index is 1420. The second-order valence-electron chi connectivity index (χ2n) is 17.1. The van der Waals surface area contributed by atoms with E-state index in [-0.39, 0.29) is 51.3 Å². The van der Waals surface area contributed by atoms with E-state index < -0.39 is 17.0 Å². The fourth-order valence-electron chi connectivity index (χ4n) is 11.9. The van der Waals surface area contributed by atoms with E-state index in [1.807, 2.05) is 6.92 Å². The van der Waals surface area contributed by atoms with Crippen LogP contribution in [0.4, 0.5) is 0 Å².